The number of carbonyl (C=O) groups is 2. The van der Waals surface area contributed by atoms with Gasteiger partial charge in [-0.25, -0.2) is 13.2 Å². The second-order valence-corrected chi connectivity index (χ2v) is 8.89. The number of hydrogen-bond acceptors (Lipinski definition) is 5. The molecule has 2 aromatic rings. The van der Waals surface area contributed by atoms with E-state index in [4.69, 9.17) is 9.84 Å². The van der Waals surface area contributed by atoms with Crippen LogP contribution in [0.3, 0.4) is 0 Å². The molecule has 160 valence electrons. The van der Waals surface area contributed by atoms with E-state index < -0.39 is 22.6 Å². The van der Waals surface area contributed by atoms with E-state index in [9.17, 15) is 18.0 Å². The fourth-order valence-electron chi connectivity index (χ4n) is 3.49. The fourth-order valence-corrected chi connectivity index (χ4v) is 4.78. The minimum Gasteiger partial charge on any atom is -0.481 e. The third-order valence-electron chi connectivity index (χ3n) is 4.91. The zero-order valence-electron chi connectivity index (χ0n) is 16.8. The standard InChI is InChI=1S/C21H24N2O6S/c1-14-8-9-18(15(2)21(14)29-13-20(25)26)30(27,28)22-17-6-3-5-16(11-17)12-23-10-4-7-19(23)24/h3,5-6,8-9,11,22H,4,7,10,12-13H2,1-2H3,(H,25,26). The molecule has 1 fully saturated rings. The van der Waals surface area contributed by atoms with E-state index >= 15 is 0 Å². The first kappa shape index (κ1) is 21.6. The number of carboxylic acid groups (broad SMARTS) is 1. The molecule has 0 atom stereocenters. The molecule has 0 radical (unpaired) electrons. The van der Waals surface area contributed by atoms with Gasteiger partial charge in [0.2, 0.25) is 5.91 Å². The van der Waals surface area contributed by atoms with Gasteiger partial charge in [-0.05, 0) is 49.6 Å². The summed E-state index contributed by atoms with van der Waals surface area (Å²) in [6.07, 6.45) is 1.38. The van der Waals surface area contributed by atoms with Crippen LogP contribution in [0.1, 0.15) is 29.5 Å². The van der Waals surface area contributed by atoms with Crippen LogP contribution in [0.2, 0.25) is 0 Å². The number of sulfonamides is 1. The van der Waals surface area contributed by atoms with Gasteiger partial charge in [0.05, 0.1) is 4.90 Å². The number of nitrogens with one attached hydrogen (secondary N) is 1. The molecule has 9 heteroatoms. The molecule has 2 aromatic carbocycles. The summed E-state index contributed by atoms with van der Waals surface area (Å²) in [5.41, 5.74) is 2.19. The number of benzene rings is 2. The molecular formula is C21H24N2O6S. The van der Waals surface area contributed by atoms with Crippen molar-refractivity contribution in [1.82, 2.24) is 4.90 Å². The van der Waals surface area contributed by atoms with Crippen LogP contribution in [0, 0.1) is 13.8 Å². The lowest BCUT2D eigenvalue weighted by Gasteiger charge is -2.17. The van der Waals surface area contributed by atoms with Gasteiger partial charge in [-0.1, -0.05) is 18.2 Å². The van der Waals surface area contributed by atoms with E-state index in [1.165, 1.54) is 6.07 Å². The topological polar surface area (TPSA) is 113 Å². The summed E-state index contributed by atoms with van der Waals surface area (Å²) in [6.45, 7) is 3.88. The molecule has 1 heterocycles. The number of aliphatic carboxylic acids is 1. The predicted molar refractivity (Wildman–Crippen MR) is 111 cm³/mol. The normalized spacial score (nSPS) is 14.1. The summed E-state index contributed by atoms with van der Waals surface area (Å²) in [7, 11) is -3.93. The first-order valence-corrected chi connectivity index (χ1v) is 11.0. The highest BCUT2D eigenvalue weighted by Gasteiger charge is 2.22. The van der Waals surface area contributed by atoms with Crippen molar-refractivity contribution in [1.29, 1.82) is 0 Å². The van der Waals surface area contributed by atoms with Crippen LogP contribution in [0.5, 0.6) is 5.75 Å². The van der Waals surface area contributed by atoms with E-state index in [1.54, 1.807) is 43.0 Å². The largest absolute Gasteiger partial charge is 0.481 e. The highest BCUT2D eigenvalue weighted by atomic mass is 32.2. The highest BCUT2D eigenvalue weighted by Crippen LogP contribution is 2.30. The van der Waals surface area contributed by atoms with E-state index in [-0.39, 0.29) is 16.6 Å². The van der Waals surface area contributed by atoms with E-state index in [2.05, 4.69) is 4.72 Å². The second-order valence-electron chi connectivity index (χ2n) is 7.24. The first-order chi connectivity index (χ1) is 14.2. The molecule has 0 spiro atoms. The van der Waals surface area contributed by atoms with Crippen molar-refractivity contribution in [3.8, 4) is 5.75 Å². The number of aryl methyl sites for hydroxylation is 1. The van der Waals surface area contributed by atoms with Crippen molar-refractivity contribution in [3.63, 3.8) is 0 Å². The van der Waals surface area contributed by atoms with Gasteiger partial charge in [0.1, 0.15) is 5.75 Å². The van der Waals surface area contributed by atoms with Crippen molar-refractivity contribution in [3.05, 3.63) is 53.1 Å². The van der Waals surface area contributed by atoms with Crippen molar-refractivity contribution < 1.29 is 27.9 Å². The van der Waals surface area contributed by atoms with Crippen molar-refractivity contribution in [2.45, 2.75) is 38.1 Å². The lowest BCUT2D eigenvalue weighted by Crippen LogP contribution is -2.23. The Kier molecular flexibility index (Phi) is 6.31. The van der Waals surface area contributed by atoms with Gasteiger partial charge in [-0.3, -0.25) is 9.52 Å². The van der Waals surface area contributed by atoms with Crippen LogP contribution in [-0.2, 0) is 26.2 Å². The molecule has 0 aliphatic carbocycles. The summed E-state index contributed by atoms with van der Waals surface area (Å²) in [4.78, 5) is 24.4. The third-order valence-corrected chi connectivity index (χ3v) is 6.43. The average Bonchev–Trinajstić information content (AvgIpc) is 3.05. The number of carbonyl (C=O) groups excluding carboxylic acids is 1. The van der Waals surface area contributed by atoms with Crippen molar-refractivity contribution >= 4 is 27.6 Å². The fraction of sp³-hybridized carbons (Fsp3) is 0.333. The Hall–Kier alpha value is -3.07. The summed E-state index contributed by atoms with van der Waals surface area (Å²) < 4.78 is 33.8. The van der Waals surface area contributed by atoms with Crippen LogP contribution in [-0.4, -0.2) is 43.5 Å². The minimum atomic E-state index is -3.93. The minimum absolute atomic E-state index is 0.00797. The molecular weight excluding hydrogens is 408 g/mol. The maximum Gasteiger partial charge on any atom is 0.341 e. The lowest BCUT2D eigenvalue weighted by molar-refractivity contribution is -0.139. The summed E-state index contributed by atoms with van der Waals surface area (Å²) in [6, 6.07) is 9.96. The van der Waals surface area contributed by atoms with E-state index in [0.717, 1.165) is 12.0 Å². The summed E-state index contributed by atoms with van der Waals surface area (Å²) in [5, 5.41) is 8.84. The molecule has 0 aromatic heterocycles. The highest BCUT2D eigenvalue weighted by molar-refractivity contribution is 7.92. The maximum absolute atomic E-state index is 13.0. The monoisotopic (exact) mass is 432 g/mol. The molecule has 0 saturated carbocycles. The van der Waals surface area contributed by atoms with Gasteiger partial charge in [-0.2, -0.15) is 0 Å². The Labute approximate surface area is 175 Å². The lowest BCUT2D eigenvalue weighted by atomic mass is 10.1. The predicted octanol–water partition coefficient (Wildman–Crippen LogP) is 2.69. The SMILES string of the molecule is Cc1ccc(S(=O)(=O)Nc2cccc(CN3CCCC3=O)c2)c(C)c1OCC(=O)O. The van der Waals surface area contributed by atoms with Crippen molar-refractivity contribution in [2.75, 3.05) is 17.9 Å². The van der Waals surface area contributed by atoms with Gasteiger partial charge in [-0.15, -0.1) is 0 Å². The van der Waals surface area contributed by atoms with E-state index in [0.29, 0.717) is 36.3 Å². The van der Waals surface area contributed by atoms with Crippen LogP contribution in [0.15, 0.2) is 41.3 Å². The molecule has 2 N–H and O–H groups in total. The number of amides is 1. The number of hydrogen-bond donors (Lipinski definition) is 2. The molecule has 30 heavy (non-hydrogen) atoms. The Bertz CT molecular complexity index is 1080. The first-order valence-electron chi connectivity index (χ1n) is 9.52. The van der Waals surface area contributed by atoms with Gasteiger partial charge in [0.15, 0.2) is 6.61 Å². The number of ether oxygens (including phenoxy) is 1. The number of likely N-dealkylation sites (tertiary alicyclic amines) is 1. The number of carboxylic acids is 1. The Morgan fingerprint density at radius 1 is 1.23 bits per heavy atom. The molecule has 0 unspecified atom stereocenters. The smallest absolute Gasteiger partial charge is 0.341 e. The van der Waals surface area contributed by atoms with E-state index in [1.807, 2.05) is 6.07 Å². The zero-order chi connectivity index (χ0) is 21.9. The second kappa shape index (κ2) is 8.74. The van der Waals surface area contributed by atoms with Gasteiger partial charge >= 0.3 is 5.97 Å². The molecule has 1 amide bonds. The van der Waals surface area contributed by atoms with Gasteiger partial charge in [0, 0.05) is 30.8 Å². The molecule has 8 nitrogen and oxygen atoms in total. The quantitative estimate of drug-likeness (QED) is 0.663. The Morgan fingerprint density at radius 3 is 2.67 bits per heavy atom. The van der Waals surface area contributed by atoms with Gasteiger partial charge < -0.3 is 14.7 Å². The van der Waals surface area contributed by atoms with Crippen LogP contribution < -0.4 is 9.46 Å². The molecule has 1 aliphatic rings. The third kappa shape index (κ3) is 4.91. The van der Waals surface area contributed by atoms with Gasteiger partial charge in [0.25, 0.3) is 10.0 Å². The Morgan fingerprint density at radius 2 is 2.00 bits per heavy atom. The molecule has 1 saturated heterocycles. The number of anilines is 1. The molecule has 3 rings (SSSR count). The Balaban J connectivity index is 1.83. The summed E-state index contributed by atoms with van der Waals surface area (Å²) >= 11 is 0. The molecule has 0 bridgehead atoms. The van der Waals surface area contributed by atoms with Crippen LogP contribution in [0.25, 0.3) is 0 Å². The molecule has 1 aliphatic heterocycles. The maximum atomic E-state index is 13.0. The average molecular weight is 432 g/mol. The van der Waals surface area contributed by atoms with Crippen LogP contribution >= 0.6 is 0 Å². The zero-order valence-corrected chi connectivity index (χ0v) is 17.7. The number of nitrogens with zero attached hydrogens (tertiary/aromatic N) is 1. The number of rotatable bonds is 8. The summed E-state index contributed by atoms with van der Waals surface area (Å²) in [5.74, 6) is -0.805. The van der Waals surface area contributed by atoms with Crippen molar-refractivity contribution in [2.24, 2.45) is 0 Å². The van der Waals surface area contributed by atoms with Crippen LogP contribution in [0.4, 0.5) is 5.69 Å².